The van der Waals surface area contributed by atoms with Gasteiger partial charge in [-0.05, 0) is 43.6 Å². The van der Waals surface area contributed by atoms with Gasteiger partial charge in [-0.15, -0.1) is 0 Å². The Morgan fingerprint density at radius 3 is 2.47 bits per heavy atom. The standard InChI is InChI=1S/C15H24O4/c1-7-6-10(16)15(19)8(2)13(17)12-11(15)9(7)4-5-14(12,3)18/h7,9-13,16-19H,2,4-6H2,1,3H3/t7-,9+,10-,11+,12+,13-,14-,15+/m0/s1. The summed E-state index contributed by atoms with van der Waals surface area (Å²) in [6.07, 6.45) is 0.139. The SMILES string of the molecule is C=C1[C@H](O)[C@H]2[C@H]3[C@H](CC[C@]2(C)O)[C@@H](C)C[C@H](O)[C@]13O. The zero-order valence-corrected chi connectivity index (χ0v) is 11.6. The molecule has 0 radical (unpaired) electrons. The fourth-order valence-electron chi connectivity index (χ4n) is 5.04. The van der Waals surface area contributed by atoms with Crippen molar-refractivity contribution >= 4 is 0 Å². The molecule has 4 nitrogen and oxygen atoms in total. The van der Waals surface area contributed by atoms with Crippen molar-refractivity contribution in [3.05, 3.63) is 12.2 Å². The summed E-state index contributed by atoms with van der Waals surface area (Å²) >= 11 is 0. The number of aliphatic hydroxyl groups excluding tert-OH is 2. The van der Waals surface area contributed by atoms with E-state index in [1.807, 2.05) is 0 Å². The predicted octanol–water partition coefficient (Wildman–Crippen LogP) is 0.442. The fraction of sp³-hybridized carbons (Fsp3) is 0.867. The second kappa shape index (κ2) is 3.82. The van der Waals surface area contributed by atoms with E-state index < -0.39 is 29.3 Å². The van der Waals surface area contributed by atoms with Crippen LogP contribution in [-0.2, 0) is 0 Å². The molecule has 3 fully saturated rings. The minimum Gasteiger partial charge on any atom is -0.390 e. The van der Waals surface area contributed by atoms with Crippen LogP contribution in [0.5, 0.6) is 0 Å². The lowest BCUT2D eigenvalue weighted by Crippen LogP contribution is -2.60. The summed E-state index contributed by atoms with van der Waals surface area (Å²) in [5.74, 6) is -0.205. The van der Waals surface area contributed by atoms with Gasteiger partial charge in [0.1, 0.15) is 5.60 Å². The summed E-state index contributed by atoms with van der Waals surface area (Å²) < 4.78 is 0. The van der Waals surface area contributed by atoms with Gasteiger partial charge in [0.15, 0.2) is 0 Å². The van der Waals surface area contributed by atoms with Crippen LogP contribution in [0, 0.1) is 23.7 Å². The van der Waals surface area contributed by atoms with Gasteiger partial charge in [0.05, 0.1) is 17.8 Å². The number of hydrogen-bond donors (Lipinski definition) is 4. The van der Waals surface area contributed by atoms with Crippen molar-refractivity contribution < 1.29 is 20.4 Å². The maximum absolute atomic E-state index is 11.0. The number of hydrogen-bond acceptors (Lipinski definition) is 4. The minimum atomic E-state index is -1.44. The van der Waals surface area contributed by atoms with Gasteiger partial charge >= 0.3 is 0 Å². The Morgan fingerprint density at radius 1 is 1.21 bits per heavy atom. The topological polar surface area (TPSA) is 80.9 Å². The van der Waals surface area contributed by atoms with E-state index in [-0.39, 0.29) is 23.3 Å². The van der Waals surface area contributed by atoms with Crippen molar-refractivity contribution in [3.63, 3.8) is 0 Å². The molecule has 0 spiro atoms. The highest BCUT2D eigenvalue weighted by atomic mass is 16.4. The van der Waals surface area contributed by atoms with Gasteiger partial charge in [-0.1, -0.05) is 13.5 Å². The first-order chi connectivity index (χ1) is 8.71. The normalized spacial score (nSPS) is 61.1. The highest BCUT2D eigenvalue weighted by Crippen LogP contribution is 2.62. The second-order valence-electron chi connectivity index (χ2n) is 7.14. The van der Waals surface area contributed by atoms with Gasteiger partial charge in [0, 0.05) is 11.8 Å². The summed E-state index contributed by atoms with van der Waals surface area (Å²) in [4.78, 5) is 0. The zero-order valence-electron chi connectivity index (χ0n) is 11.6. The molecule has 0 aliphatic heterocycles. The van der Waals surface area contributed by atoms with Crippen molar-refractivity contribution in [2.75, 3.05) is 0 Å². The molecule has 0 amide bonds. The molecule has 0 aromatic carbocycles. The third kappa shape index (κ3) is 1.49. The maximum Gasteiger partial charge on any atom is 0.117 e. The molecule has 0 aromatic heterocycles. The fourth-order valence-corrected chi connectivity index (χ4v) is 5.04. The van der Waals surface area contributed by atoms with Crippen LogP contribution >= 0.6 is 0 Å². The summed E-state index contributed by atoms with van der Waals surface area (Å²) in [6, 6.07) is 0. The average molecular weight is 268 g/mol. The summed E-state index contributed by atoms with van der Waals surface area (Å²) in [7, 11) is 0. The Balaban J connectivity index is 2.13. The van der Waals surface area contributed by atoms with Crippen LogP contribution < -0.4 is 0 Å². The Labute approximate surface area is 113 Å². The Kier molecular flexibility index (Phi) is 2.72. The lowest BCUT2D eigenvalue weighted by Gasteiger charge is -2.54. The number of rotatable bonds is 0. The van der Waals surface area contributed by atoms with Crippen molar-refractivity contribution in [1.29, 1.82) is 0 Å². The van der Waals surface area contributed by atoms with E-state index in [2.05, 4.69) is 13.5 Å². The molecule has 19 heavy (non-hydrogen) atoms. The van der Waals surface area contributed by atoms with Gasteiger partial charge in [0.2, 0.25) is 0 Å². The van der Waals surface area contributed by atoms with Crippen LogP contribution in [0.4, 0.5) is 0 Å². The van der Waals surface area contributed by atoms with E-state index in [1.165, 1.54) is 0 Å². The van der Waals surface area contributed by atoms with Gasteiger partial charge in [-0.25, -0.2) is 0 Å². The molecule has 3 aliphatic carbocycles. The third-order valence-electron chi connectivity index (χ3n) is 6.10. The molecule has 0 bridgehead atoms. The first kappa shape index (κ1) is 13.6. The van der Waals surface area contributed by atoms with Gasteiger partial charge in [-0.3, -0.25) is 0 Å². The van der Waals surface area contributed by atoms with Crippen LogP contribution in [0.25, 0.3) is 0 Å². The molecule has 0 aromatic rings. The lowest BCUT2D eigenvalue weighted by molar-refractivity contribution is -0.190. The van der Waals surface area contributed by atoms with Crippen LogP contribution in [0.15, 0.2) is 12.2 Å². The average Bonchev–Trinajstić information content (AvgIpc) is 2.52. The monoisotopic (exact) mass is 268 g/mol. The highest BCUT2D eigenvalue weighted by Gasteiger charge is 2.68. The molecule has 0 heterocycles. The van der Waals surface area contributed by atoms with Gasteiger partial charge in [-0.2, -0.15) is 0 Å². The van der Waals surface area contributed by atoms with Crippen molar-refractivity contribution in [2.24, 2.45) is 23.7 Å². The molecule has 0 saturated heterocycles. The predicted molar refractivity (Wildman–Crippen MR) is 70.2 cm³/mol. The molecule has 3 aliphatic rings. The number of aliphatic hydroxyl groups is 4. The van der Waals surface area contributed by atoms with E-state index in [0.717, 1.165) is 6.42 Å². The molecule has 4 N–H and O–H groups in total. The molecule has 108 valence electrons. The maximum atomic E-state index is 11.0. The quantitative estimate of drug-likeness (QED) is 0.481. The van der Waals surface area contributed by atoms with E-state index in [4.69, 9.17) is 0 Å². The van der Waals surface area contributed by atoms with E-state index in [9.17, 15) is 20.4 Å². The largest absolute Gasteiger partial charge is 0.390 e. The van der Waals surface area contributed by atoms with Crippen LogP contribution in [0.1, 0.15) is 33.1 Å². The van der Waals surface area contributed by atoms with Gasteiger partial charge in [0.25, 0.3) is 0 Å². The molecule has 3 rings (SSSR count). The summed E-state index contributed by atoms with van der Waals surface area (Å²) in [5, 5.41) is 42.3. The summed E-state index contributed by atoms with van der Waals surface area (Å²) in [5.41, 5.74) is -2.16. The summed E-state index contributed by atoms with van der Waals surface area (Å²) in [6.45, 7) is 7.63. The first-order valence-electron chi connectivity index (χ1n) is 7.21. The molecule has 8 atom stereocenters. The van der Waals surface area contributed by atoms with Crippen molar-refractivity contribution in [2.45, 2.75) is 56.5 Å². The molecular formula is C15H24O4. The van der Waals surface area contributed by atoms with Crippen molar-refractivity contribution in [3.8, 4) is 0 Å². The van der Waals surface area contributed by atoms with Crippen molar-refractivity contribution in [1.82, 2.24) is 0 Å². The molecule has 3 saturated carbocycles. The molecule has 4 heteroatoms. The van der Waals surface area contributed by atoms with E-state index >= 15 is 0 Å². The van der Waals surface area contributed by atoms with Crippen LogP contribution in [0.2, 0.25) is 0 Å². The third-order valence-corrected chi connectivity index (χ3v) is 6.10. The van der Waals surface area contributed by atoms with E-state index in [0.29, 0.717) is 12.8 Å². The highest BCUT2D eigenvalue weighted by molar-refractivity contribution is 5.35. The second-order valence-corrected chi connectivity index (χ2v) is 7.14. The Bertz CT molecular complexity index is 418. The minimum absolute atomic E-state index is 0.229. The Morgan fingerprint density at radius 2 is 1.84 bits per heavy atom. The van der Waals surface area contributed by atoms with E-state index in [1.54, 1.807) is 6.92 Å². The molecular weight excluding hydrogens is 244 g/mol. The van der Waals surface area contributed by atoms with Crippen LogP contribution in [0.3, 0.4) is 0 Å². The first-order valence-corrected chi connectivity index (χ1v) is 7.21. The van der Waals surface area contributed by atoms with Gasteiger partial charge < -0.3 is 20.4 Å². The zero-order chi connectivity index (χ0) is 14.2. The Hall–Kier alpha value is -0.420. The molecule has 0 unspecified atom stereocenters. The smallest absolute Gasteiger partial charge is 0.117 e. The lowest BCUT2D eigenvalue weighted by atomic mass is 9.55. The van der Waals surface area contributed by atoms with Crippen LogP contribution in [-0.4, -0.2) is 43.8 Å².